The number of hydrogen-bond donors (Lipinski definition) is 1. The number of nitrogens with two attached hydrogens (primary N) is 1. The van der Waals surface area contributed by atoms with Crippen LogP contribution in [-0.4, -0.2) is 14.7 Å². The van der Waals surface area contributed by atoms with Crippen molar-refractivity contribution < 1.29 is 18.5 Å². The normalized spacial score (nSPS) is 14.6. The summed E-state index contributed by atoms with van der Waals surface area (Å²) in [5.74, 6) is 0.933. The fourth-order valence-corrected chi connectivity index (χ4v) is 4.37. The van der Waals surface area contributed by atoms with Gasteiger partial charge in [-0.3, -0.25) is 10.1 Å². The Morgan fingerprint density at radius 2 is 1.78 bits per heavy atom. The molecule has 6 rings (SSSR count). The molecule has 10 heteroatoms. The van der Waals surface area contributed by atoms with Crippen LogP contribution in [0, 0.1) is 21.4 Å². The van der Waals surface area contributed by atoms with Gasteiger partial charge < -0.3 is 19.3 Å². The van der Waals surface area contributed by atoms with Gasteiger partial charge in [0.2, 0.25) is 11.8 Å². The van der Waals surface area contributed by atoms with E-state index in [4.69, 9.17) is 24.4 Å². The van der Waals surface area contributed by atoms with Gasteiger partial charge in [0.25, 0.3) is 5.69 Å². The molecule has 180 valence electrons. The molecule has 1 unspecified atom stereocenters. The number of allylic oxidation sites excluding steroid dienone is 1. The van der Waals surface area contributed by atoms with Crippen LogP contribution >= 0.6 is 0 Å². The van der Waals surface area contributed by atoms with Gasteiger partial charge in [-0.05, 0) is 48.5 Å². The molecule has 4 heterocycles. The molecule has 5 aromatic rings. The maximum atomic E-state index is 11.0. The zero-order valence-corrected chi connectivity index (χ0v) is 19.1. The number of non-ortho nitro benzene ring substituents is 1. The number of rotatable bonds is 5. The van der Waals surface area contributed by atoms with Crippen molar-refractivity contribution in [1.82, 2.24) is 9.78 Å². The van der Waals surface area contributed by atoms with E-state index in [-0.39, 0.29) is 17.1 Å². The largest absolute Gasteiger partial charge is 0.463 e. The first-order valence-electron chi connectivity index (χ1n) is 11.2. The van der Waals surface area contributed by atoms with Gasteiger partial charge >= 0.3 is 0 Å². The predicted molar refractivity (Wildman–Crippen MR) is 131 cm³/mol. The Labute approximate surface area is 209 Å². The van der Waals surface area contributed by atoms with Gasteiger partial charge in [-0.25, -0.2) is 0 Å². The summed E-state index contributed by atoms with van der Waals surface area (Å²) in [7, 11) is 0. The monoisotopic (exact) mass is 491 g/mol. The Balaban J connectivity index is 1.53. The maximum absolute atomic E-state index is 11.0. The van der Waals surface area contributed by atoms with E-state index < -0.39 is 10.8 Å². The summed E-state index contributed by atoms with van der Waals surface area (Å²) in [5, 5.41) is 25.8. The van der Waals surface area contributed by atoms with Crippen LogP contribution in [0.25, 0.3) is 28.5 Å². The van der Waals surface area contributed by atoms with E-state index >= 15 is 0 Å². The Morgan fingerprint density at radius 1 is 1.00 bits per heavy atom. The number of nitro benzene ring substituents is 1. The molecule has 0 spiro atoms. The molecular formula is C27H17N5O5. The SMILES string of the molecule is N#CC1=C(N)Oc2c(c(-c3ccco3)nn2-c2ccccc2)C1c1ccc(-c2ccc([N+](=O)[O-])cc2)o1. The molecule has 0 saturated carbocycles. The highest BCUT2D eigenvalue weighted by molar-refractivity contribution is 5.69. The second-order valence-electron chi connectivity index (χ2n) is 8.22. The fraction of sp³-hybridized carbons (Fsp3) is 0.0370. The number of hydrogen-bond acceptors (Lipinski definition) is 8. The van der Waals surface area contributed by atoms with Gasteiger partial charge in [0.05, 0.1) is 28.4 Å². The molecule has 10 nitrogen and oxygen atoms in total. The minimum absolute atomic E-state index is 0.0245. The molecule has 0 amide bonds. The molecule has 1 aliphatic rings. The van der Waals surface area contributed by atoms with Crippen LogP contribution in [0.15, 0.2) is 105 Å². The molecule has 0 aliphatic carbocycles. The summed E-state index contributed by atoms with van der Waals surface area (Å²) in [5.41, 5.74) is 8.79. The van der Waals surface area contributed by atoms with Crippen molar-refractivity contribution in [2.75, 3.05) is 0 Å². The molecule has 1 aliphatic heterocycles. The minimum Gasteiger partial charge on any atom is -0.463 e. The number of para-hydroxylation sites is 1. The molecule has 0 radical (unpaired) electrons. The van der Waals surface area contributed by atoms with Gasteiger partial charge in [-0.1, -0.05) is 18.2 Å². The highest BCUT2D eigenvalue weighted by Crippen LogP contribution is 2.48. The van der Waals surface area contributed by atoms with Crippen molar-refractivity contribution in [1.29, 1.82) is 5.26 Å². The number of aromatic nitrogens is 2. The van der Waals surface area contributed by atoms with Gasteiger partial charge in [-0.2, -0.15) is 15.0 Å². The van der Waals surface area contributed by atoms with Gasteiger partial charge in [0.15, 0.2) is 5.76 Å². The summed E-state index contributed by atoms with van der Waals surface area (Å²) in [6.45, 7) is 0. The zero-order chi connectivity index (χ0) is 25.5. The first kappa shape index (κ1) is 21.9. The Morgan fingerprint density at radius 3 is 2.46 bits per heavy atom. The molecule has 37 heavy (non-hydrogen) atoms. The fourth-order valence-electron chi connectivity index (χ4n) is 4.37. The lowest BCUT2D eigenvalue weighted by atomic mass is 9.87. The van der Waals surface area contributed by atoms with Gasteiger partial charge in [0.1, 0.15) is 28.9 Å². The van der Waals surface area contributed by atoms with E-state index in [1.54, 1.807) is 41.1 Å². The smallest absolute Gasteiger partial charge is 0.269 e. The van der Waals surface area contributed by atoms with Crippen LogP contribution in [0.2, 0.25) is 0 Å². The first-order valence-corrected chi connectivity index (χ1v) is 11.2. The van der Waals surface area contributed by atoms with Crippen molar-refractivity contribution in [2.24, 2.45) is 5.73 Å². The van der Waals surface area contributed by atoms with Crippen molar-refractivity contribution in [2.45, 2.75) is 5.92 Å². The molecular weight excluding hydrogens is 474 g/mol. The van der Waals surface area contributed by atoms with E-state index in [0.717, 1.165) is 5.69 Å². The molecule has 0 fully saturated rings. The number of nitro groups is 1. The average Bonchev–Trinajstić information content (AvgIpc) is 3.68. The van der Waals surface area contributed by atoms with E-state index in [9.17, 15) is 15.4 Å². The lowest BCUT2D eigenvalue weighted by Crippen LogP contribution is -2.21. The summed E-state index contributed by atoms with van der Waals surface area (Å²) >= 11 is 0. The van der Waals surface area contributed by atoms with E-state index in [1.165, 1.54) is 18.4 Å². The third-order valence-corrected chi connectivity index (χ3v) is 6.08. The maximum Gasteiger partial charge on any atom is 0.269 e. The number of ether oxygens (including phenoxy) is 1. The zero-order valence-electron chi connectivity index (χ0n) is 19.1. The molecule has 0 saturated heterocycles. The molecule has 1 atom stereocenters. The van der Waals surface area contributed by atoms with E-state index in [0.29, 0.717) is 40.0 Å². The molecule has 3 aromatic heterocycles. The summed E-state index contributed by atoms with van der Waals surface area (Å²) in [6, 6.07) is 24.6. The molecule has 0 bridgehead atoms. The summed E-state index contributed by atoms with van der Waals surface area (Å²) in [4.78, 5) is 10.6. The van der Waals surface area contributed by atoms with Crippen LogP contribution in [0.4, 0.5) is 5.69 Å². The van der Waals surface area contributed by atoms with E-state index in [1.807, 2.05) is 30.3 Å². The van der Waals surface area contributed by atoms with Crippen LogP contribution in [-0.2, 0) is 0 Å². The second-order valence-corrected chi connectivity index (χ2v) is 8.22. The van der Waals surface area contributed by atoms with Gasteiger partial charge in [-0.15, -0.1) is 0 Å². The van der Waals surface area contributed by atoms with E-state index in [2.05, 4.69) is 6.07 Å². The topological polar surface area (TPSA) is 146 Å². The lowest BCUT2D eigenvalue weighted by Gasteiger charge is -2.23. The first-order chi connectivity index (χ1) is 18.0. The van der Waals surface area contributed by atoms with Crippen molar-refractivity contribution >= 4 is 5.69 Å². The highest BCUT2D eigenvalue weighted by Gasteiger charge is 2.40. The van der Waals surface area contributed by atoms with Crippen molar-refractivity contribution in [3.63, 3.8) is 0 Å². The number of nitriles is 1. The third-order valence-electron chi connectivity index (χ3n) is 6.08. The number of fused-ring (bicyclic) bond motifs is 1. The molecule has 2 aromatic carbocycles. The molecule has 2 N–H and O–H groups in total. The average molecular weight is 491 g/mol. The second kappa shape index (κ2) is 8.58. The Bertz CT molecular complexity index is 1690. The van der Waals surface area contributed by atoms with Crippen LogP contribution in [0.3, 0.4) is 0 Å². The van der Waals surface area contributed by atoms with Crippen LogP contribution in [0.5, 0.6) is 5.88 Å². The number of benzene rings is 2. The van der Waals surface area contributed by atoms with Gasteiger partial charge in [0, 0.05) is 17.7 Å². The van der Waals surface area contributed by atoms with Crippen molar-refractivity contribution in [3.8, 4) is 40.4 Å². The van der Waals surface area contributed by atoms with Crippen molar-refractivity contribution in [3.05, 3.63) is 118 Å². The van der Waals surface area contributed by atoms with Crippen LogP contribution < -0.4 is 10.5 Å². The highest BCUT2D eigenvalue weighted by atomic mass is 16.6. The lowest BCUT2D eigenvalue weighted by molar-refractivity contribution is -0.384. The Hall–Kier alpha value is -5.56. The third kappa shape index (κ3) is 3.62. The quantitative estimate of drug-likeness (QED) is 0.250. The van der Waals surface area contributed by atoms with Crippen LogP contribution in [0.1, 0.15) is 17.2 Å². The standard InChI is InChI=1S/C27H17N5O5/c28-15-19-23(21-13-12-20(36-21)16-8-10-18(11-9-16)32(33)34)24-25(22-7-4-14-35-22)30-31(27(24)37-26(19)29)17-5-2-1-3-6-17/h1-14,23H,29H2. The number of nitrogens with zero attached hydrogens (tertiary/aromatic N) is 4. The summed E-state index contributed by atoms with van der Waals surface area (Å²) < 4.78 is 19.5. The minimum atomic E-state index is -0.738. The predicted octanol–water partition coefficient (Wildman–Crippen LogP) is 5.52. The Kier molecular flexibility index (Phi) is 5.09. The summed E-state index contributed by atoms with van der Waals surface area (Å²) in [6.07, 6.45) is 1.54. The number of furan rings is 2.